The zero-order valence-electron chi connectivity index (χ0n) is 10.6. The lowest BCUT2D eigenvalue weighted by molar-refractivity contribution is -0.151. The number of rotatable bonds is 3. The Labute approximate surface area is 108 Å². The quantitative estimate of drug-likeness (QED) is 0.656. The summed E-state index contributed by atoms with van der Waals surface area (Å²) >= 11 is 0. The summed E-state index contributed by atoms with van der Waals surface area (Å²) in [5.41, 5.74) is 6.40. The number of ether oxygens (including phenoxy) is 1. The van der Waals surface area contributed by atoms with Gasteiger partial charge in [0, 0.05) is 6.04 Å². The second-order valence-electron chi connectivity index (χ2n) is 4.55. The average Bonchev–Trinajstić information content (AvgIpc) is 2.41. The maximum absolute atomic E-state index is 12.4. The first kappa shape index (κ1) is 12.8. The van der Waals surface area contributed by atoms with Crippen LogP contribution in [0, 0.1) is 0 Å². The predicted octanol–water partition coefficient (Wildman–Crippen LogP) is 2.16. The monoisotopic (exact) mass is 245 g/mol. The highest BCUT2D eigenvalue weighted by Crippen LogP contribution is 2.37. The lowest BCUT2D eigenvalue weighted by Crippen LogP contribution is -2.52. The van der Waals surface area contributed by atoms with Gasteiger partial charge in [0.05, 0.1) is 6.61 Å². The van der Waals surface area contributed by atoms with Crippen LogP contribution in [0.3, 0.4) is 0 Å². The van der Waals surface area contributed by atoms with Crippen LogP contribution in [-0.2, 0) is 14.9 Å². The van der Waals surface area contributed by atoms with E-state index in [-0.39, 0.29) is 12.0 Å². The summed E-state index contributed by atoms with van der Waals surface area (Å²) in [6.45, 7) is 2.20. The van der Waals surface area contributed by atoms with Crippen molar-refractivity contribution in [3.63, 3.8) is 0 Å². The molecule has 0 saturated carbocycles. The molecule has 0 amide bonds. The highest BCUT2D eigenvalue weighted by atomic mass is 16.5. The standard InChI is InChI=1S/C15H19NO2/c1-2-18-14(17)15(11-7-6-10-13(15)16)12-8-4-3-5-9-12/h3-6,8-10,13H,2,7,11,16H2,1H3. The van der Waals surface area contributed by atoms with E-state index in [1.165, 1.54) is 0 Å². The van der Waals surface area contributed by atoms with Gasteiger partial charge in [0.25, 0.3) is 0 Å². The SMILES string of the molecule is CCOC(=O)C1(c2ccccc2)CCC=CC1N. The van der Waals surface area contributed by atoms with E-state index in [1.54, 1.807) is 0 Å². The third-order valence-electron chi connectivity index (χ3n) is 3.55. The van der Waals surface area contributed by atoms with Gasteiger partial charge in [-0.05, 0) is 25.3 Å². The molecule has 2 rings (SSSR count). The van der Waals surface area contributed by atoms with E-state index in [0.717, 1.165) is 12.0 Å². The maximum atomic E-state index is 12.4. The Morgan fingerprint density at radius 2 is 2.17 bits per heavy atom. The molecule has 1 aromatic carbocycles. The van der Waals surface area contributed by atoms with Gasteiger partial charge in [-0.1, -0.05) is 42.5 Å². The molecule has 2 N–H and O–H groups in total. The molecule has 0 aliphatic heterocycles. The van der Waals surface area contributed by atoms with Gasteiger partial charge >= 0.3 is 5.97 Å². The summed E-state index contributed by atoms with van der Waals surface area (Å²) in [5.74, 6) is -0.215. The van der Waals surface area contributed by atoms with Crippen LogP contribution in [0.2, 0.25) is 0 Å². The third-order valence-corrected chi connectivity index (χ3v) is 3.55. The Balaban J connectivity index is 2.46. The molecule has 3 nitrogen and oxygen atoms in total. The number of nitrogens with two attached hydrogens (primary N) is 1. The first-order valence-corrected chi connectivity index (χ1v) is 6.37. The van der Waals surface area contributed by atoms with Crippen LogP contribution >= 0.6 is 0 Å². The van der Waals surface area contributed by atoms with Crippen LogP contribution in [0.5, 0.6) is 0 Å². The predicted molar refractivity (Wildman–Crippen MR) is 71.1 cm³/mol. The Bertz CT molecular complexity index is 441. The van der Waals surface area contributed by atoms with E-state index in [9.17, 15) is 4.79 Å². The zero-order valence-corrected chi connectivity index (χ0v) is 10.6. The fourth-order valence-corrected chi connectivity index (χ4v) is 2.57. The van der Waals surface area contributed by atoms with E-state index in [2.05, 4.69) is 0 Å². The van der Waals surface area contributed by atoms with Gasteiger partial charge in [-0.2, -0.15) is 0 Å². The van der Waals surface area contributed by atoms with Crippen LogP contribution in [-0.4, -0.2) is 18.6 Å². The Morgan fingerprint density at radius 1 is 1.44 bits per heavy atom. The molecule has 0 saturated heterocycles. The molecule has 2 atom stereocenters. The fraction of sp³-hybridized carbons (Fsp3) is 0.400. The Morgan fingerprint density at radius 3 is 2.78 bits per heavy atom. The first-order valence-electron chi connectivity index (χ1n) is 6.37. The smallest absolute Gasteiger partial charge is 0.318 e. The van der Waals surface area contributed by atoms with E-state index in [4.69, 9.17) is 10.5 Å². The van der Waals surface area contributed by atoms with E-state index in [1.807, 2.05) is 49.4 Å². The van der Waals surface area contributed by atoms with Crippen LogP contribution < -0.4 is 5.73 Å². The summed E-state index contributed by atoms with van der Waals surface area (Å²) in [6.07, 6.45) is 5.49. The normalized spacial score (nSPS) is 26.9. The average molecular weight is 245 g/mol. The molecule has 1 aliphatic carbocycles. The van der Waals surface area contributed by atoms with Gasteiger partial charge in [-0.3, -0.25) is 4.79 Å². The summed E-state index contributed by atoms with van der Waals surface area (Å²) in [5, 5.41) is 0. The van der Waals surface area contributed by atoms with E-state index >= 15 is 0 Å². The van der Waals surface area contributed by atoms with Crippen molar-refractivity contribution < 1.29 is 9.53 Å². The molecule has 18 heavy (non-hydrogen) atoms. The van der Waals surface area contributed by atoms with Crippen molar-refractivity contribution in [1.82, 2.24) is 0 Å². The Hall–Kier alpha value is -1.61. The van der Waals surface area contributed by atoms with Crippen LogP contribution in [0.25, 0.3) is 0 Å². The van der Waals surface area contributed by atoms with Crippen molar-refractivity contribution in [3.05, 3.63) is 48.0 Å². The first-order chi connectivity index (χ1) is 8.71. The van der Waals surface area contributed by atoms with Gasteiger partial charge in [-0.15, -0.1) is 0 Å². The fourth-order valence-electron chi connectivity index (χ4n) is 2.57. The van der Waals surface area contributed by atoms with Crippen LogP contribution in [0.15, 0.2) is 42.5 Å². The maximum Gasteiger partial charge on any atom is 0.318 e. The number of allylic oxidation sites excluding steroid dienone is 1. The number of hydrogen-bond donors (Lipinski definition) is 1. The number of carbonyl (C=O) groups is 1. The van der Waals surface area contributed by atoms with Gasteiger partial charge in [0.15, 0.2) is 0 Å². The molecular weight excluding hydrogens is 226 g/mol. The molecular formula is C15H19NO2. The van der Waals surface area contributed by atoms with Crippen molar-refractivity contribution in [2.75, 3.05) is 6.61 Å². The van der Waals surface area contributed by atoms with Gasteiger partial charge < -0.3 is 10.5 Å². The molecule has 96 valence electrons. The second kappa shape index (κ2) is 5.36. The van der Waals surface area contributed by atoms with Crippen LogP contribution in [0.4, 0.5) is 0 Å². The molecule has 1 aromatic rings. The third kappa shape index (κ3) is 2.06. The van der Waals surface area contributed by atoms with E-state index < -0.39 is 5.41 Å². The minimum Gasteiger partial charge on any atom is -0.465 e. The summed E-state index contributed by atoms with van der Waals surface area (Å²) < 4.78 is 5.26. The lowest BCUT2D eigenvalue weighted by atomic mass is 9.69. The molecule has 1 aliphatic rings. The van der Waals surface area contributed by atoms with Gasteiger partial charge in [-0.25, -0.2) is 0 Å². The Kier molecular flexibility index (Phi) is 3.82. The number of benzene rings is 1. The second-order valence-corrected chi connectivity index (χ2v) is 4.55. The van der Waals surface area contributed by atoms with E-state index in [0.29, 0.717) is 13.0 Å². The minimum atomic E-state index is -0.730. The summed E-state index contributed by atoms with van der Waals surface area (Å²) in [6, 6.07) is 9.38. The van der Waals surface area contributed by atoms with Crippen molar-refractivity contribution in [3.8, 4) is 0 Å². The molecule has 3 heteroatoms. The van der Waals surface area contributed by atoms with Gasteiger partial charge in [0.1, 0.15) is 5.41 Å². The zero-order chi connectivity index (χ0) is 13.0. The topological polar surface area (TPSA) is 52.3 Å². The van der Waals surface area contributed by atoms with Crippen LogP contribution in [0.1, 0.15) is 25.3 Å². The molecule has 0 aromatic heterocycles. The van der Waals surface area contributed by atoms with Crippen molar-refractivity contribution in [1.29, 1.82) is 0 Å². The molecule has 0 heterocycles. The largest absolute Gasteiger partial charge is 0.465 e. The number of esters is 1. The van der Waals surface area contributed by atoms with Crippen molar-refractivity contribution in [2.45, 2.75) is 31.2 Å². The number of carbonyl (C=O) groups excluding carboxylic acids is 1. The molecule has 0 spiro atoms. The number of hydrogen-bond acceptors (Lipinski definition) is 3. The van der Waals surface area contributed by atoms with Crippen molar-refractivity contribution in [2.24, 2.45) is 5.73 Å². The lowest BCUT2D eigenvalue weighted by Gasteiger charge is -2.37. The molecule has 0 bridgehead atoms. The van der Waals surface area contributed by atoms with Gasteiger partial charge in [0.2, 0.25) is 0 Å². The summed E-state index contributed by atoms with van der Waals surface area (Å²) in [4.78, 5) is 12.4. The molecule has 0 fully saturated rings. The van der Waals surface area contributed by atoms with Crippen molar-refractivity contribution >= 4 is 5.97 Å². The molecule has 0 radical (unpaired) electrons. The highest BCUT2D eigenvalue weighted by Gasteiger charge is 2.46. The summed E-state index contributed by atoms with van der Waals surface area (Å²) in [7, 11) is 0. The molecule has 2 unspecified atom stereocenters. The minimum absolute atomic E-state index is 0.215. The highest BCUT2D eigenvalue weighted by molar-refractivity contribution is 5.85.